The van der Waals surface area contributed by atoms with Gasteiger partial charge in [0.2, 0.25) is 0 Å². The molecule has 0 bridgehead atoms. The molecule has 0 radical (unpaired) electrons. The molecule has 0 saturated carbocycles. The fourth-order valence-electron chi connectivity index (χ4n) is 0.684. The summed E-state index contributed by atoms with van der Waals surface area (Å²) in [7, 11) is 0. The second-order valence-electron chi connectivity index (χ2n) is 2.42. The van der Waals surface area contributed by atoms with E-state index in [0.717, 1.165) is 0 Å². The summed E-state index contributed by atoms with van der Waals surface area (Å²) in [6.07, 6.45) is -5.60. The maximum atomic E-state index is 10.2. The van der Waals surface area contributed by atoms with Crippen molar-refractivity contribution in [2.24, 2.45) is 0 Å². The maximum absolute atomic E-state index is 10.2. The third-order valence-electron chi connectivity index (χ3n) is 1.50. The van der Waals surface area contributed by atoms with E-state index in [2.05, 4.69) is 3.07 Å². The summed E-state index contributed by atoms with van der Waals surface area (Å²) in [5, 5.41) is 35.6. The van der Waals surface area contributed by atoms with Gasteiger partial charge in [-0.1, -0.05) is 0 Å². The number of aldehydes is 1. The van der Waals surface area contributed by atoms with Crippen molar-refractivity contribution in [2.45, 2.75) is 24.4 Å². The van der Waals surface area contributed by atoms with Crippen molar-refractivity contribution in [3.05, 3.63) is 0 Å². The van der Waals surface area contributed by atoms with Crippen LogP contribution in [-0.4, -0.2) is 57.7 Å². The second kappa shape index (κ2) is 6.62. The normalized spacial score (nSPS) is 20.4. The molecule has 0 aromatic heterocycles. The Bertz CT molecular complexity index is 154. The van der Waals surface area contributed by atoms with Crippen LogP contribution in [-0.2, 0) is 7.86 Å². The molecule has 0 aromatic rings. The smallest absolute Gasteiger partial charge is 0.153 e. The molecule has 78 valence electrons. The van der Waals surface area contributed by atoms with Crippen LogP contribution in [0.25, 0.3) is 0 Å². The fourth-order valence-corrected chi connectivity index (χ4v) is 1.10. The van der Waals surface area contributed by atoms with Crippen molar-refractivity contribution in [3.8, 4) is 0 Å². The van der Waals surface area contributed by atoms with Gasteiger partial charge in [0.1, 0.15) is 41.3 Å². The molecule has 0 fully saturated rings. The zero-order valence-corrected chi connectivity index (χ0v) is 8.73. The lowest BCUT2D eigenvalue weighted by atomic mass is 10.0. The number of carbonyl (C=O) groups is 1. The Labute approximate surface area is 88.8 Å². The minimum Gasteiger partial charge on any atom is -0.394 e. The molecule has 0 aliphatic heterocycles. The molecule has 0 saturated heterocycles. The van der Waals surface area contributed by atoms with E-state index in [1.54, 1.807) is 0 Å². The van der Waals surface area contributed by atoms with Crippen molar-refractivity contribution in [1.29, 1.82) is 0 Å². The van der Waals surface area contributed by atoms with Gasteiger partial charge in [-0.25, -0.2) is 0 Å². The van der Waals surface area contributed by atoms with Crippen LogP contribution in [0.1, 0.15) is 0 Å². The van der Waals surface area contributed by atoms with Crippen molar-refractivity contribution < 1.29 is 28.3 Å². The number of aliphatic hydroxyl groups is 4. The molecule has 0 rings (SSSR count). The van der Waals surface area contributed by atoms with Gasteiger partial charge in [-0.15, -0.1) is 0 Å². The summed E-state index contributed by atoms with van der Waals surface area (Å²) < 4.78 is 4.48. The third-order valence-corrected chi connectivity index (χ3v) is 2.09. The van der Waals surface area contributed by atoms with Crippen LogP contribution in [0.3, 0.4) is 0 Å². The topological polar surface area (TPSA) is 107 Å². The van der Waals surface area contributed by atoms with Crippen LogP contribution in [0, 0.1) is 0 Å². The number of hydrogen-bond acceptors (Lipinski definition) is 6. The van der Waals surface area contributed by atoms with Crippen molar-refractivity contribution >= 4 is 29.3 Å². The van der Waals surface area contributed by atoms with Crippen molar-refractivity contribution in [1.82, 2.24) is 0 Å². The van der Waals surface area contributed by atoms with E-state index >= 15 is 0 Å². The minimum atomic E-state index is -1.62. The number of aliphatic hydroxyl groups excluding tert-OH is 4. The Hall–Kier alpha value is 0.200. The van der Waals surface area contributed by atoms with Gasteiger partial charge < -0.3 is 28.3 Å². The lowest BCUT2D eigenvalue weighted by molar-refractivity contribution is -0.129. The Morgan fingerprint density at radius 1 is 1.31 bits per heavy atom. The van der Waals surface area contributed by atoms with Gasteiger partial charge in [-0.05, 0) is 0 Å². The Balaban J connectivity index is 4.21. The summed E-state index contributed by atoms with van der Waals surface area (Å²) in [6.45, 7) is -0.703. The Kier molecular flexibility index (Phi) is 6.73. The number of halogens is 1. The van der Waals surface area contributed by atoms with Crippen LogP contribution < -0.4 is 0 Å². The van der Waals surface area contributed by atoms with Gasteiger partial charge in [0.25, 0.3) is 0 Å². The SMILES string of the molecule is O=C[C@H](OI)[C@@H](O)[C@H](O)[C@H](O)CO. The number of hydrogen-bond donors (Lipinski definition) is 4. The predicted molar refractivity (Wildman–Crippen MR) is 50.1 cm³/mol. The lowest BCUT2D eigenvalue weighted by Gasteiger charge is -2.23. The van der Waals surface area contributed by atoms with Gasteiger partial charge in [-0.3, -0.25) is 0 Å². The minimum absolute atomic E-state index is 0.296. The molecule has 0 heterocycles. The van der Waals surface area contributed by atoms with E-state index in [1.165, 1.54) is 23.0 Å². The average molecular weight is 306 g/mol. The first-order valence-electron chi connectivity index (χ1n) is 3.46. The summed E-state index contributed by atoms with van der Waals surface area (Å²) in [5.74, 6) is 0. The van der Waals surface area contributed by atoms with Crippen molar-refractivity contribution in [2.75, 3.05) is 6.61 Å². The van der Waals surface area contributed by atoms with Gasteiger partial charge in [0.15, 0.2) is 12.4 Å². The molecular formula is C6H11IO6. The van der Waals surface area contributed by atoms with E-state index in [9.17, 15) is 9.90 Å². The summed E-state index contributed by atoms with van der Waals surface area (Å²) >= 11 is 1.39. The van der Waals surface area contributed by atoms with Crippen LogP contribution in [0.4, 0.5) is 0 Å². The van der Waals surface area contributed by atoms with E-state index in [4.69, 9.17) is 15.3 Å². The van der Waals surface area contributed by atoms with Crippen LogP contribution >= 0.6 is 23.0 Å². The van der Waals surface area contributed by atoms with Crippen LogP contribution in [0.5, 0.6) is 0 Å². The lowest BCUT2D eigenvalue weighted by Crippen LogP contribution is -2.46. The molecule has 0 unspecified atom stereocenters. The predicted octanol–water partition coefficient (Wildman–Crippen LogP) is -2.00. The van der Waals surface area contributed by atoms with Gasteiger partial charge in [0, 0.05) is 0 Å². The average Bonchev–Trinajstić information content (AvgIpc) is 2.17. The highest BCUT2D eigenvalue weighted by Gasteiger charge is 2.31. The number of carbonyl (C=O) groups excluding carboxylic acids is 1. The molecule has 0 amide bonds. The molecule has 4 N–H and O–H groups in total. The second-order valence-corrected chi connectivity index (χ2v) is 2.93. The van der Waals surface area contributed by atoms with E-state index < -0.39 is 31.0 Å². The summed E-state index contributed by atoms with van der Waals surface area (Å²) in [4.78, 5) is 10.2. The summed E-state index contributed by atoms with van der Waals surface area (Å²) in [6, 6.07) is 0. The zero-order valence-electron chi connectivity index (χ0n) is 6.58. The van der Waals surface area contributed by atoms with Gasteiger partial charge >= 0.3 is 0 Å². The molecular weight excluding hydrogens is 295 g/mol. The van der Waals surface area contributed by atoms with Crippen LogP contribution in [0.15, 0.2) is 0 Å². The molecule has 0 spiro atoms. The molecule has 0 aliphatic carbocycles. The zero-order chi connectivity index (χ0) is 10.4. The highest BCUT2D eigenvalue weighted by Crippen LogP contribution is 2.08. The Morgan fingerprint density at radius 2 is 1.85 bits per heavy atom. The van der Waals surface area contributed by atoms with E-state index in [0.29, 0.717) is 6.29 Å². The van der Waals surface area contributed by atoms with Crippen LogP contribution in [0.2, 0.25) is 0 Å². The maximum Gasteiger partial charge on any atom is 0.153 e. The fraction of sp³-hybridized carbons (Fsp3) is 0.833. The monoisotopic (exact) mass is 306 g/mol. The molecule has 4 atom stereocenters. The van der Waals surface area contributed by atoms with Gasteiger partial charge in [0.05, 0.1) is 6.61 Å². The number of rotatable bonds is 6. The first kappa shape index (κ1) is 13.2. The highest BCUT2D eigenvalue weighted by molar-refractivity contribution is 14.1. The molecule has 0 aliphatic rings. The largest absolute Gasteiger partial charge is 0.394 e. The summed E-state index contributed by atoms with van der Waals surface area (Å²) in [5.41, 5.74) is 0. The first-order valence-corrected chi connectivity index (χ1v) is 4.34. The van der Waals surface area contributed by atoms with Crippen molar-refractivity contribution in [3.63, 3.8) is 0 Å². The van der Waals surface area contributed by atoms with E-state index in [1.807, 2.05) is 0 Å². The van der Waals surface area contributed by atoms with Gasteiger partial charge in [-0.2, -0.15) is 0 Å². The third kappa shape index (κ3) is 3.83. The first-order chi connectivity index (χ1) is 6.08. The molecule has 13 heavy (non-hydrogen) atoms. The molecule has 0 aromatic carbocycles. The molecule has 7 heteroatoms. The standard InChI is InChI=1S/C6H11IO6/c7-13-4(2-9)6(12)5(11)3(10)1-8/h2-6,8,10-12H,1H2/t3-,4+,5-,6-/m1/s1. The highest BCUT2D eigenvalue weighted by atomic mass is 127. The Morgan fingerprint density at radius 3 is 2.15 bits per heavy atom. The quantitative estimate of drug-likeness (QED) is 0.334. The molecule has 6 nitrogen and oxygen atoms in total. The van der Waals surface area contributed by atoms with E-state index in [-0.39, 0.29) is 0 Å².